The van der Waals surface area contributed by atoms with Crippen molar-refractivity contribution < 1.29 is 0 Å². The van der Waals surface area contributed by atoms with E-state index in [2.05, 4.69) is 26.7 Å². The molecule has 0 atom stereocenters. The SMILES string of the molecule is Cc1nc2ccccc2nc1NCCC1=CCNCC1. The van der Waals surface area contributed by atoms with E-state index in [4.69, 9.17) is 0 Å². The second kappa shape index (κ2) is 6.01. The Balaban J connectivity index is 1.67. The number of nitrogens with one attached hydrogen (secondary N) is 2. The van der Waals surface area contributed by atoms with Gasteiger partial charge in [0.05, 0.1) is 16.7 Å². The Morgan fingerprint density at radius 3 is 2.75 bits per heavy atom. The average molecular weight is 268 g/mol. The van der Waals surface area contributed by atoms with E-state index < -0.39 is 0 Å². The molecule has 0 amide bonds. The van der Waals surface area contributed by atoms with Crippen LogP contribution < -0.4 is 10.6 Å². The molecule has 0 saturated carbocycles. The van der Waals surface area contributed by atoms with E-state index in [-0.39, 0.29) is 0 Å². The molecule has 4 heteroatoms. The minimum Gasteiger partial charge on any atom is -0.368 e. The third-order valence-corrected chi connectivity index (χ3v) is 3.64. The zero-order chi connectivity index (χ0) is 13.8. The van der Waals surface area contributed by atoms with Gasteiger partial charge in [0.25, 0.3) is 0 Å². The minimum absolute atomic E-state index is 0.901. The zero-order valence-electron chi connectivity index (χ0n) is 11.8. The molecule has 2 heterocycles. The molecular weight excluding hydrogens is 248 g/mol. The third kappa shape index (κ3) is 2.96. The Morgan fingerprint density at radius 2 is 2.00 bits per heavy atom. The molecule has 2 N–H and O–H groups in total. The summed E-state index contributed by atoms with van der Waals surface area (Å²) in [5.41, 5.74) is 4.39. The summed E-state index contributed by atoms with van der Waals surface area (Å²) in [5, 5.41) is 6.75. The van der Waals surface area contributed by atoms with Crippen molar-refractivity contribution in [1.82, 2.24) is 15.3 Å². The summed E-state index contributed by atoms with van der Waals surface area (Å²) in [4.78, 5) is 9.24. The average Bonchev–Trinajstić information content (AvgIpc) is 2.49. The normalized spacial score (nSPS) is 15.2. The molecule has 1 aromatic carbocycles. The quantitative estimate of drug-likeness (QED) is 0.837. The predicted molar refractivity (Wildman–Crippen MR) is 83.0 cm³/mol. The Morgan fingerprint density at radius 1 is 1.20 bits per heavy atom. The molecule has 1 aliphatic rings. The van der Waals surface area contributed by atoms with Crippen LogP contribution in [-0.2, 0) is 0 Å². The second-order valence-electron chi connectivity index (χ2n) is 5.14. The highest BCUT2D eigenvalue weighted by molar-refractivity contribution is 5.76. The van der Waals surface area contributed by atoms with Crippen LogP contribution in [0.1, 0.15) is 18.5 Å². The highest BCUT2D eigenvalue weighted by Gasteiger charge is 2.06. The molecule has 2 aromatic rings. The van der Waals surface area contributed by atoms with Gasteiger partial charge in [0.15, 0.2) is 0 Å². The van der Waals surface area contributed by atoms with E-state index in [1.807, 2.05) is 31.2 Å². The molecule has 0 fully saturated rings. The van der Waals surface area contributed by atoms with E-state index in [1.165, 1.54) is 5.57 Å². The number of hydrogen-bond donors (Lipinski definition) is 2. The maximum atomic E-state index is 4.65. The first kappa shape index (κ1) is 13.1. The van der Waals surface area contributed by atoms with Crippen LogP contribution in [0.5, 0.6) is 0 Å². The molecule has 20 heavy (non-hydrogen) atoms. The number of fused-ring (bicyclic) bond motifs is 1. The number of hydrogen-bond acceptors (Lipinski definition) is 4. The fourth-order valence-corrected chi connectivity index (χ4v) is 2.49. The lowest BCUT2D eigenvalue weighted by Gasteiger charge is -2.15. The fourth-order valence-electron chi connectivity index (χ4n) is 2.49. The van der Waals surface area contributed by atoms with Gasteiger partial charge >= 0.3 is 0 Å². The van der Waals surface area contributed by atoms with Gasteiger partial charge in [-0.1, -0.05) is 23.8 Å². The zero-order valence-corrected chi connectivity index (χ0v) is 11.8. The fraction of sp³-hybridized carbons (Fsp3) is 0.375. The van der Waals surface area contributed by atoms with Crippen LogP contribution in [0.2, 0.25) is 0 Å². The predicted octanol–water partition coefficient (Wildman–Crippen LogP) is 2.66. The summed E-state index contributed by atoms with van der Waals surface area (Å²) in [7, 11) is 0. The minimum atomic E-state index is 0.901. The molecular formula is C16H20N4. The molecule has 0 radical (unpaired) electrons. The molecule has 1 aromatic heterocycles. The summed E-state index contributed by atoms with van der Waals surface area (Å²) in [6, 6.07) is 7.99. The molecule has 0 unspecified atom stereocenters. The van der Waals surface area contributed by atoms with Gasteiger partial charge in [0, 0.05) is 13.1 Å². The second-order valence-corrected chi connectivity index (χ2v) is 5.14. The number of aryl methyl sites for hydroxylation is 1. The van der Waals surface area contributed by atoms with Crippen molar-refractivity contribution in [2.45, 2.75) is 19.8 Å². The van der Waals surface area contributed by atoms with Crippen molar-refractivity contribution in [3.63, 3.8) is 0 Å². The Hall–Kier alpha value is -1.94. The summed E-state index contributed by atoms with van der Waals surface area (Å²) in [6.45, 7) is 5.02. The largest absolute Gasteiger partial charge is 0.368 e. The molecule has 0 spiro atoms. The van der Waals surface area contributed by atoms with Gasteiger partial charge in [-0.2, -0.15) is 0 Å². The smallest absolute Gasteiger partial charge is 0.148 e. The van der Waals surface area contributed by atoms with Crippen LogP contribution in [0.4, 0.5) is 5.82 Å². The first-order chi connectivity index (χ1) is 9.83. The number of anilines is 1. The summed E-state index contributed by atoms with van der Waals surface area (Å²) < 4.78 is 0. The molecule has 4 nitrogen and oxygen atoms in total. The summed E-state index contributed by atoms with van der Waals surface area (Å²) in [5.74, 6) is 0.901. The van der Waals surface area contributed by atoms with Crippen molar-refractivity contribution in [1.29, 1.82) is 0 Å². The monoisotopic (exact) mass is 268 g/mol. The van der Waals surface area contributed by atoms with Crippen LogP contribution in [0, 0.1) is 6.92 Å². The van der Waals surface area contributed by atoms with Gasteiger partial charge in [-0.15, -0.1) is 0 Å². The van der Waals surface area contributed by atoms with Crippen molar-refractivity contribution in [2.24, 2.45) is 0 Å². The van der Waals surface area contributed by atoms with Crippen molar-refractivity contribution in [3.05, 3.63) is 41.6 Å². The number of benzene rings is 1. The Bertz CT molecular complexity index is 633. The maximum Gasteiger partial charge on any atom is 0.148 e. The number of aromatic nitrogens is 2. The lowest BCUT2D eigenvalue weighted by atomic mass is 10.1. The van der Waals surface area contributed by atoms with Gasteiger partial charge in [-0.3, -0.25) is 0 Å². The lowest BCUT2D eigenvalue weighted by Crippen LogP contribution is -2.21. The van der Waals surface area contributed by atoms with E-state index in [9.17, 15) is 0 Å². The van der Waals surface area contributed by atoms with Gasteiger partial charge in [-0.05, 0) is 38.4 Å². The van der Waals surface area contributed by atoms with Gasteiger partial charge in [-0.25, -0.2) is 9.97 Å². The molecule has 0 aliphatic carbocycles. The van der Waals surface area contributed by atoms with E-state index in [0.29, 0.717) is 0 Å². The summed E-state index contributed by atoms with van der Waals surface area (Å²) in [6.07, 6.45) is 4.53. The van der Waals surface area contributed by atoms with Gasteiger partial charge in [0.2, 0.25) is 0 Å². The van der Waals surface area contributed by atoms with E-state index in [0.717, 1.165) is 55.0 Å². The third-order valence-electron chi connectivity index (χ3n) is 3.64. The van der Waals surface area contributed by atoms with Crippen LogP contribution in [0.3, 0.4) is 0 Å². The lowest BCUT2D eigenvalue weighted by molar-refractivity contribution is 0.683. The van der Waals surface area contributed by atoms with Crippen molar-refractivity contribution in [2.75, 3.05) is 25.0 Å². The molecule has 0 bridgehead atoms. The van der Waals surface area contributed by atoms with E-state index >= 15 is 0 Å². The maximum absolute atomic E-state index is 4.65. The van der Waals surface area contributed by atoms with Gasteiger partial charge < -0.3 is 10.6 Å². The molecule has 1 aliphatic heterocycles. The number of para-hydroxylation sites is 2. The Labute approximate surface area is 119 Å². The topological polar surface area (TPSA) is 49.8 Å². The van der Waals surface area contributed by atoms with Crippen LogP contribution in [-0.4, -0.2) is 29.6 Å². The molecule has 3 rings (SSSR count). The van der Waals surface area contributed by atoms with Crippen LogP contribution >= 0.6 is 0 Å². The summed E-state index contributed by atoms with van der Waals surface area (Å²) >= 11 is 0. The van der Waals surface area contributed by atoms with Crippen molar-refractivity contribution >= 4 is 16.9 Å². The highest BCUT2D eigenvalue weighted by Crippen LogP contribution is 2.16. The molecule has 104 valence electrons. The van der Waals surface area contributed by atoms with Crippen molar-refractivity contribution in [3.8, 4) is 0 Å². The molecule has 0 saturated heterocycles. The Kier molecular flexibility index (Phi) is 3.92. The number of rotatable bonds is 4. The van der Waals surface area contributed by atoms with E-state index in [1.54, 1.807) is 0 Å². The first-order valence-corrected chi connectivity index (χ1v) is 7.19. The van der Waals surface area contributed by atoms with Gasteiger partial charge in [0.1, 0.15) is 5.82 Å². The number of nitrogens with zero attached hydrogens (tertiary/aromatic N) is 2. The highest BCUT2D eigenvalue weighted by atomic mass is 15.0. The van der Waals surface area contributed by atoms with Crippen LogP contribution in [0.25, 0.3) is 11.0 Å². The first-order valence-electron chi connectivity index (χ1n) is 7.19. The standard InChI is InChI=1S/C16H20N4/c1-12-16(18-11-8-13-6-9-17-10-7-13)20-15-5-3-2-4-14(15)19-12/h2-6,17H,7-11H2,1H3,(H,18,20). The van der Waals surface area contributed by atoms with Crippen LogP contribution in [0.15, 0.2) is 35.9 Å².